The van der Waals surface area contributed by atoms with Crippen LogP contribution in [0.2, 0.25) is 0 Å². The Balaban J connectivity index is 0.00000128. The summed E-state index contributed by atoms with van der Waals surface area (Å²) in [5.74, 6) is 0.396. The van der Waals surface area contributed by atoms with E-state index in [1.165, 1.54) is 0 Å². The second-order valence-corrected chi connectivity index (χ2v) is 5.22. The average Bonchev–Trinajstić information content (AvgIpc) is 2.58. The highest BCUT2D eigenvalue weighted by atomic mass is 35.5. The Morgan fingerprint density at radius 3 is 2.75 bits per heavy atom. The van der Waals surface area contributed by atoms with Crippen molar-refractivity contribution in [3.8, 4) is 0 Å². The van der Waals surface area contributed by atoms with Crippen molar-refractivity contribution >= 4 is 35.3 Å². The molecule has 0 radical (unpaired) electrons. The normalized spacial score (nSPS) is 26.3. The summed E-state index contributed by atoms with van der Waals surface area (Å²) in [4.78, 5) is 22.5. The molecule has 1 heterocycles. The van der Waals surface area contributed by atoms with Gasteiger partial charge in [-0.25, -0.2) is 0 Å². The van der Waals surface area contributed by atoms with Crippen LogP contribution in [0.5, 0.6) is 0 Å². The van der Waals surface area contributed by atoms with E-state index in [0.29, 0.717) is 12.3 Å². The Labute approximate surface area is 105 Å². The van der Waals surface area contributed by atoms with Crippen LogP contribution in [-0.4, -0.2) is 35.0 Å². The van der Waals surface area contributed by atoms with E-state index in [-0.39, 0.29) is 35.1 Å². The third-order valence-corrected chi connectivity index (χ3v) is 3.83. The Hall–Kier alpha value is -0.460. The van der Waals surface area contributed by atoms with E-state index in [1.807, 2.05) is 0 Å². The summed E-state index contributed by atoms with van der Waals surface area (Å²) in [6.45, 7) is 0.517. The molecule has 7 heteroatoms. The average molecular weight is 266 g/mol. The molecule has 1 saturated heterocycles. The maximum absolute atomic E-state index is 11.6. The lowest BCUT2D eigenvalue weighted by Crippen LogP contribution is -2.57. The number of carbonyl (C=O) groups is 2. The molecule has 1 aliphatic carbocycles. The molecule has 92 valence electrons. The molecule has 0 aromatic rings. The van der Waals surface area contributed by atoms with Crippen LogP contribution in [0.25, 0.3) is 0 Å². The van der Waals surface area contributed by atoms with Crippen molar-refractivity contribution in [2.45, 2.75) is 30.8 Å². The van der Waals surface area contributed by atoms with Crippen molar-refractivity contribution in [3.63, 3.8) is 0 Å². The van der Waals surface area contributed by atoms with Gasteiger partial charge in [-0.15, -0.1) is 12.4 Å². The van der Waals surface area contributed by atoms with Gasteiger partial charge in [0.1, 0.15) is 6.04 Å². The predicted molar refractivity (Wildman–Crippen MR) is 65.8 cm³/mol. The topological polar surface area (TPSA) is 84.2 Å². The predicted octanol–water partition coefficient (Wildman–Crippen LogP) is 0.231. The number of hydrogen-bond acceptors (Lipinski definition) is 4. The van der Waals surface area contributed by atoms with Gasteiger partial charge in [0.2, 0.25) is 5.91 Å². The molecule has 4 N–H and O–H groups in total. The van der Waals surface area contributed by atoms with Gasteiger partial charge >= 0.3 is 0 Å². The van der Waals surface area contributed by atoms with Crippen LogP contribution < -0.4 is 16.4 Å². The highest BCUT2D eigenvalue weighted by molar-refractivity contribution is 8.14. The van der Waals surface area contributed by atoms with Crippen molar-refractivity contribution in [2.75, 3.05) is 12.3 Å². The van der Waals surface area contributed by atoms with Gasteiger partial charge in [0.15, 0.2) is 0 Å². The van der Waals surface area contributed by atoms with Gasteiger partial charge in [0.25, 0.3) is 5.24 Å². The number of hydrogen-bond donors (Lipinski definition) is 3. The zero-order valence-electron chi connectivity index (χ0n) is 8.82. The van der Waals surface area contributed by atoms with Crippen molar-refractivity contribution in [3.05, 3.63) is 0 Å². The first-order valence-corrected chi connectivity index (χ1v) is 6.08. The first kappa shape index (κ1) is 13.6. The van der Waals surface area contributed by atoms with Crippen LogP contribution in [0.15, 0.2) is 0 Å². The zero-order chi connectivity index (χ0) is 10.9. The molecule has 2 rings (SSSR count). The molecular formula is C9H16ClN3O2S. The Kier molecular flexibility index (Phi) is 4.46. The van der Waals surface area contributed by atoms with Crippen LogP contribution in [-0.2, 0) is 4.79 Å². The van der Waals surface area contributed by atoms with Crippen LogP contribution in [0.1, 0.15) is 19.3 Å². The monoisotopic (exact) mass is 265 g/mol. The molecule has 0 bridgehead atoms. The van der Waals surface area contributed by atoms with Gasteiger partial charge in [-0.3, -0.25) is 9.59 Å². The fourth-order valence-corrected chi connectivity index (χ4v) is 2.50. The summed E-state index contributed by atoms with van der Waals surface area (Å²) in [6, 6.07) is -0.383. The number of rotatable bonds is 3. The molecule has 0 spiro atoms. The van der Waals surface area contributed by atoms with Crippen LogP contribution in [0.3, 0.4) is 0 Å². The van der Waals surface area contributed by atoms with E-state index in [1.54, 1.807) is 0 Å². The molecule has 1 saturated carbocycles. The molecule has 2 amide bonds. The highest BCUT2D eigenvalue weighted by Crippen LogP contribution is 2.28. The third kappa shape index (κ3) is 3.02. The van der Waals surface area contributed by atoms with E-state index < -0.39 is 0 Å². The maximum atomic E-state index is 11.6. The van der Waals surface area contributed by atoms with Gasteiger partial charge < -0.3 is 16.4 Å². The molecule has 16 heavy (non-hydrogen) atoms. The second-order valence-electron chi connectivity index (χ2n) is 4.23. The lowest BCUT2D eigenvalue weighted by Gasteiger charge is -2.38. The summed E-state index contributed by atoms with van der Waals surface area (Å²) >= 11 is 1.14. The third-order valence-electron chi connectivity index (χ3n) is 2.95. The molecule has 2 fully saturated rings. The van der Waals surface area contributed by atoms with Crippen molar-refractivity contribution in [1.29, 1.82) is 0 Å². The molecule has 0 unspecified atom stereocenters. The molecule has 0 aromatic carbocycles. The van der Waals surface area contributed by atoms with Crippen LogP contribution >= 0.6 is 24.2 Å². The first-order chi connectivity index (χ1) is 7.09. The molecule has 0 aromatic heterocycles. The minimum atomic E-state index is -0.383. The van der Waals surface area contributed by atoms with E-state index in [2.05, 4.69) is 10.6 Å². The molecule has 2 aliphatic rings. The van der Waals surface area contributed by atoms with Gasteiger partial charge in [-0.2, -0.15) is 0 Å². The number of amides is 2. The zero-order valence-corrected chi connectivity index (χ0v) is 10.5. The van der Waals surface area contributed by atoms with Gasteiger partial charge in [0, 0.05) is 17.8 Å². The van der Waals surface area contributed by atoms with Crippen LogP contribution in [0.4, 0.5) is 4.79 Å². The van der Waals surface area contributed by atoms with Crippen LogP contribution in [0, 0.1) is 0 Å². The smallest absolute Gasteiger partial charge is 0.279 e. The van der Waals surface area contributed by atoms with Gasteiger partial charge in [-0.05, 0) is 19.3 Å². The fourth-order valence-electron chi connectivity index (χ4n) is 1.72. The lowest BCUT2D eigenvalue weighted by atomic mass is 9.78. The Bertz CT molecular complexity index is 296. The summed E-state index contributed by atoms with van der Waals surface area (Å²) in [5.41, 5.74) is 5.77. The number of halogens is 1. The fraction of sp³-hybridized carbons (Fsp3) is 0.778. The molecule has 1 atom stereocenters. The molecule has 5 nitrogen and oxygen atoms in total. The number of carbonyl (C=O) groups excluding carboxylic acids is 2. The van der Waals surface area contributed by atoms with Crippen molar-refractivity contribution < 1.29 is 9.59 Å². The molecular weight excluding hydrogens is 250 g/mol. The van der Waals surface area contributed by atoms with E-state index in [9.17, 15) is 9.59 Å². The number of nitrogens with one attached hydrogen (secondary N) is 2. The quantitative estimate of drug-likeness (QED) is 0.682. The largest absolute Gasteiger partial charge is 0.352 e. The number of thioether (sulfide) groups is 1. The van der Waals surface area contributed by atoms with Gasteiger partial charge in [-0.1, -0.05) is 11.8 Å². The number of nitrogens with two attached hydrogens (primary N) is 1. The minimum Gasteiger partial charge on any atom is -0.352 e. The Morgan fingerprint density at radius 1 is 1.62 bits per heavy atom. The summed E-state index contributed by atoms with van der Waals surface area (Å²) in [5, 5.41) is 5.27. The first-order valence-electron chi connectivity index (χ1n) is 5.09. The van der Waals surface area contributed by atoms with Gasteiger partial charge in [0.05, 0.1) is 0 Å². The van der Waals surface area contributed by atoms with Crippen molar-refractivity contribution in [1.82, 2.24) is 10.6 Å². The highest BCUT2D eigenvalue weighted by Gasteiger charge is 2.34. The SMILES string of the molecule is Cl.NC1(CNC(=O)[C@@H]2CSC(=O)N2)CCC1. The summed E-state index contributed by atoms with van der Waals surface area (Å²) in [6.07, 6.45) is 3.08. The second kappa shape index (κ2) is 5.25. The summed E-state index contributed by atoms with van der Waals surface area (Å²) in [7, 11) is 0. The minimum absolute atomic E-state index is 0. The van der Waals surface area contributed by atoms with E-state index >= 15 is 0 Å². The van der Waals surface area contributed by atoms with E-state index in [4.69, 9.17) is 5.73 Å². The molecule has 1 aliphatic heterocycles. The van der Waals surface area contributed by atoms with E-state index in [0.717, 1.165) is 31.0 Å². The maximum Gasteiger partial charge on any atom is 0.279 e. The lowest BCUT2D eigenvalue weighted by molar-refractivity contribution is -0.122. The standard InChI is InChI=1S/C9H15N3O2S.ClH/c10-9(2-1-3-9)5-11-7(13)6-4-15-8(14)12-6;/h6H,1-5,10H2,(H,11,13)(H,12,14);1H/t6-;/m0./s1. The Morgan fingerprint density at radius 2 is 2.31 bits per heavy atom. The summed E-state index contributed by atoms with van der Waals surface area (Å²) < 4.78 is 0. The van der Waals surface area contributed by atoms with Crippen molar-refractivity contribution in [2.24, 2.45) is 5.73 Å².